The summed E-state index contributed by atoms with van der Waals surface area (Å²) in [5, 5.41) is 4.60. The number of oxime groups is 1. The Morgan fingerprint density at radius 3 is 2.79 bits per heavy atom. The van der Waals surface area contributed by atoms with E-state index in [2.05, 4.69) is 56.3 Å². The molecule has 7 heteroatoms. The Morgan fingerprint density at radius 2 is 2.00 bits per heavy atom. The summed E-state index contributed by atoms with van der Waals surface area (Å²) in [7, 11) is 0. The zero-order chi connectivity index (χ0) is 19.6. The average Bonchev–Trinajstić information content (AvgIpc) is 3.45. The molecule has 3 aromatic rings. The van der Waals surface area contributed by atoms with E-state index >= 15 is 0 Å². The quantitative estimate of drug-likeness (QED) is 0.251. The molecule has 0 N–H and O–H groups in total. The van der Waals surface area contributed by atoms with Gasteiger partial charge in [0.05, 0.1) is 20.5 Å². The van der Waals surface area contributed by atoms with Gasteiger partial charge in [0.25, 0.3) is 0 Å². The van der Waals surface area contributed by atoms with Crippen molar-refractivity contribution in [2.45, 2.75) is 23.5 Å². The number of thioether (sulfide) groups is 1. The molecule has 5 rings (SSSR count). The van der Waals surface area contributed by atoms with E-state index in [4.69, 9.17) is 4.84 Å². The molecule has 2 aliphatic rings. The summed E-state index contributed by atoms with van der Waals surface area (Å²) in [4.78, 5) is 13.7. The third kappa shape index (κ3) is 3.52. The largest absolute Gasteiger partial charge is 0.394 e. The van der Waals surface area contributed by atoms with Crippen molar-refractivity contribution in [2.75, 3.05) is 32.5 Å². The second kappa shape index (κ2) is 8.34. The fourth-order valence-corrected chi connectivity index (χ4v) is 6.19. The van der Waals surface area contributed by atoms with Gasteiger partial charge in [-0.15, -0.1) is 23.1 Å². The summed E-state index contributed by atoms with van der Waals surface area (Å²) in [5.41, 5.74) is 5.71. The zero-order valence-electron chi connectivity index (χ0n) is 16.5. The van der Waals surface area contributed by atoms with E-state index in [0.29, 0.717) is 6.61 Å². The number of hydrogen-bond donors (Lipinski definition) is 0. The van der Waals surface area contributed by atoms with Crippen molar-refractivity contribution in [3.8, 4) is 16.8 Å². The lowest BCUT2D eigenvalue weighted by Gasteiger charge is -2.25. The normalized spacial score (nSPS) is 17.5. The van der Waals surface area contributed by atoms with Gasteiger partial charge in [0.2, 0.25) is 0 Å². The molecule has 0 aliphatic carbocycles. The van der Waals surface area contributed by atoms with Gasteiger partial charge in [-0.3, -0.25) is 9.88 Å². The van der Waals surface area contributed by atoms with Crippen LogP contribution >= 0.6 is 23.1 Å². The Labute approximate surface area is 179 Å². The minimum Gasteiger partial charge on any atom is -0.394 e. The van der Waals surface area contributed by atoms with Crippen LogP contribution in [0, 0.1) is 0 Å². The molecule has 0 saturated carbocycles. The molecular formula is C22H24N4OS2. The molecule has 0 amide bonds. The number of hydrogen-bond acceptors (Lipinski definition) is 6. The minimum absolute atomic E-state index is 0.636. The van der Waals surface area contributed by atoms with Crippen LogP contribution in [0.2, 0.25) is 0 Å². The molecule has 150 valence electrons. The van der Waals surface area contributed by atoms with Crippen LogP contribution in [0.1, 0.15) is 29.8 Å². The van der Waals surface area contributed by atoms with Gasteiger partial charge >= 0.3 is 0 Å². The fraction of sp³-hybridized carbons (Fsp3) is 0.364. The highest BCUT2D eigenvalue weighted by atomic mass is 32.2. The Morgan fingerprint density at radius 1 is 1.17 bits per heavy atom. The number of rotatable bonds is 6. The van der Waals surface area contributed by atoms with Gasteiger partial charge < -0.3 is 9.40 Å². The highest BCUT2D eigenvalue weighted by Crippen LogP contribution is 2.48. The lowest BCUT2D eigenvalue weighted by Crippen LogP contribution is -2.32. The standard InChI is InChI=1S/C22H24N4OS2/c1-28-22-18(16-7-9-23-10-8-16)20-21(29-22)19(17-6-5-13-26(17)20)24-27-15-14-25-11-3-2-4-12-25/h5-10,13H,2-4,11-12,14-15H2,1H3. The molecule has 1 saturated heterocycles. The average molecular weight is 425 g/mol. The maximum absolute atomic E-state index is 5.81. The van der Waals surface area contributed by atoms with Gasteiger partial charge in [0, 0.05) is 30.7 Å². The molecule has 0 radical (unpaired) electrons. The van der Waals surface area contributed by atoms with Crippen LogP contribution in [0.4, 0.5) is 0 Å². The number of pyridine rings is 1. The lowest BCUT2D eigenvalue weighted by molar-refractivity contribution is 0.103. The molecule has 0 unspecified atom stereocenters. The van der Waals surface area contributed by atoms with E-state index in [-0.39, 0.29) is 0 Å². The highest BCUT2D eigenvalue weighted by molar-refractivity contribution is 8.00. The van der Waals surface area contributed by atoms with Crippen LogP contribution in [-0.2, 0) is 4.84 Å². The third-order valence-corrected chi connectivity index (χ3v) is 7.86. The van der Waals surface area contributed by atoms with E-state index in [0.717, 1.165) is 18.0 Å². The molecule has 0 aromatic carbocycles. The van der Waals surface area contributed by atoms with Crippen LogP contribution in [-0.4, -0.2) is 52.7 Å². The molecule has 0 atom stereocenters. The summed E-state index contributed by atoms with van der Waals surface area (Å²) in [6.07, 6.45) is 11.9. The Kier molecular flexibility index (Phi) is 5.44. The summed E-state index contributed by atoms with van der Waals surface area (Å²) in [6.45, 7) is 3.96. The number of thiophene rings is 1. The van der Waals surface area contributed by atoms with Crippen LogP contribution < -0.4 is 0 Å². The second-order valence-corrected chi connectivity index (χ2v) is 9.42. The van der Waals surface area contributed by atoms with E-state index in [9.17, 15) is 0 Å². The van der Waals surface area contributed by atoms with Crippen molar-refractivity contribution in [2.24, 2.45) is 5.16 Å². The molecule has 3 aromatic heterocycles. The Hall–Kier alpha value is -2.09. The molecule has 1 fully saturated rings. The van der Waals surface area contributed by atoms with Crippen molar-refractivity contribution in [1.82, 2.24) is 14.5 Å². The highest BCUT2D eigenvalue weighted by Gasteiger charge is 2.32. The first-order chi connectivity index (χ1) is 14.4. The van der Waals surface area contributed by atoms with Crippen LogP contribution in [0.5, 0.6) is 0 Å². The van der Waals surface area contributed by atoms with Crippen LogP contribution in [0.25, 0.3) is 16.8 Å². The summed E-state index contributed by atoms with van der Waals surface area (Å²) in [6, 6.07) is 8.36. The van der Waals surface area contributed by atoms with Gasteiger partial charge in [-0.1, -0.05) is 11.6 Å². The summed E-state index contributed by atoms with van der Waals surface area (Å²) in [5.74, 6) is 0. The lowest BCUT2D eigenvalue weighted by atomic mass is 10.1. The second-order valence-electron chi connectivity index (χ2n) is 7.32. The Balaban J connectivity index is 1.45. The molecule has 29 heavy (non-hydrogen) atoms. The molecule has 2 aliphatic heterocycles. The van der Waals surface area contributed by atoms with Crippen molar-refractivity contribution in [3.05, 3.63) is 53.4 Å². The van der Waals surface area contributed by atoms with Crippen LogP contribution in [0.3, 0.4) is 0 Å². The molecule has 5 nitrogen and oxygen atoms in total. The zero-order valence-corrected chi connectivity index (χ0v) is 18.1. The number of piperidine rings is 1. The summed E-state index contributed by atoms with van der Waals surface area (Å²) < 4.78 is 3.54. The topological polar surface area (TPSA) is 42.6 Å². The predicted octanol–water partition coefficient (Wildman–Crippen LogP) is 4.89. The van der Waals surface area contributed by atoms with Gasteiger partial charge in [-0.05, 0) is 62.0 Å². The number of nitrogens with zero attached hydrogens (tertiary/aromatic N) is 4. The first-order valence-electron chi connectivity index (χ1n) is 10.1. The van der Waals surface area contributed by atoms with Crippen LogP contribution in [0.15, 0.2) is 52.2 Å². The van der Waals surface area contributed by atoms with Gasteiger partial charge in [0.1, 0.15) is 12.3 Å². The van der Waals surface area contributed by atoms with Gasteiger partial charge in [-0.25, -0.2) is 0 Å². The molecule has 5 heterocycles. The fourth-order valence-electron chi connectivity index (χ4n) is 4.15. The smallest absolute Gasteiger partial charge is 0.146 e. The summed E-state index contributed by atoms with van der Waals surface area (Å²) >= 11 is 3.58. The molecule has 0 bridgehead atoms. The maximum atomic E-state index is 5.81. The molecular weight excluding hydrogens is 400 g/mol. The van der Waals surface area contributed by atoms with E-state index in [1.807, 2.05) is 12.4 Å². The maximum Gasteiger partial charge on any atom is 0.146 e. The van der Waals surface area contributed by atoms with E-state index < -0.39 is 0 Å². The van der Waals surface area contributed by atoms with Crippen molar-refractivity contribution in [3.63, 3.8) is 0 Å². The van der Waals surface area contributed by atoms with E-state index in [1.165, 1.54) is 58.3 Å². The number of fused-ring (bicyclic) bond motifs is 3. The van der Waals surface area contributed by atoms with E-state index in [1.54, 1.807) is 23.1 Å². The van der Waals surface area contributed by atoms with Gasteiger partial charge in [0.15, 0.2) is 0 Å². The molecule has 0 spiro atoms. The SMILES string of the molecule is CSc1sc2c(c1-c1ccncc1)-n1cccc1C2=NOCCN1CCCCC1. The monoisotopic (exact) mass is 424 g/mol. The first kappa shape index (κ1) is 18.9. The van der Waals surface area contributed by atoms with Crippen molar-refractivity contribution >= 4 is 28.8 Å². The van der Waals surface area contributed by atoms with Crippen molar-refractivity contribution in [1.29, 1.82) is 0 Å². The first-order valence-corrected chi connectivity index (χ1v) is 12.1. The minimum atomic E-state index is 0.636. The number of aromatic nitrogens is 2. The predicted molar refractivity (Wildman–Crippen MR) is 121 cm³/mol. The third-order valence-electron chi connectivity index (χ3n) is 5.56. The number of likely N-dealkylation sites (tertiary alicyclic amines) is 1. The van der Waals surface area contributed by atoms with Gasteiger partial charge in [-0.2, -0.15) is 0 Å². The van der Waals surface area contributed by atoms with Crippen molar-refractivity contribution < 1.29 is 4.84 Å². The Bertz CT molecular complexity index is 1020.